The Labute approximate surface area is 514 Å². The van der Waals surface area contributed by atoms with Crippen LogP contribution < -0.4 is 10.2 Å². The quantitative estimate of drug-likeness (QED) is 0.0212. The van der Waals surface area contributed by atoms with Gasteiger partial charge in [-0.15, -0.1) is 0 Å². The lowest BCUT2D eigenvalue weighted by Crippen LogP contribution is -2.47. The fourth-order valence-corrected chi connectivity index (χ4v) is 10.7. The van der Waals surface area contributed by atoms with E-state index in [2.05, 4.69) is 99.0 Å². The smallest absolute Gasteiger partial charge is 0.306 e. The van der Waals surface area contributed by atoms with E-state index in [1.807, 2.05) is 33.3 Å². The average Bonchev–Trinajstić information content (AvgIpc) is 3.51. The second kappa shape index (κ2) is 62.2. The molecule has 482 valence electrons. The highest BCUT2D eigenvalue weighted by Crippen LogP contribution is 2.38. The molecule has 0 aromatic carbocycles. The second-order valence-corrected chi connectivity index (χ2v) is 26.1. The summed E-state index contributed by atoms with van der Waals surface area (Å²) in [6.45, 7) is 6.74. The van der Waals surface area contributed by atoms with Gasteiger partial charge < -0.3 is 28.5 Å². The van der Waals surface area contributed by atoms with Gasteiger partial charge in [-0.25, -0.2) is 0 Å². The van der Waals surface area contributed by atoms with E-state index in [1.165, 1.54) is 180 Å². The average molecular weight is 1180 g/mol. The number of quaternary nitrogens is 1. The van der Waals surface area contributed by atoms with Crippen molar-refractivity contribution < 1.29 is 37.3 Å². The van der Waals surface area contributed by atoms with Crippen LogP contribution in [0.4, 0.5) is 0 Å². The van der Waals surface area contributed by atoms with Gasteiger partial charge in [0.05, 0.1) is 33.8 Å². The molecule has 0 radical (unpaired) electrons. The lowest BCUT2D eigenvalue weighted by atomic mass is 10.0. The molecule has 0 heterocycles. The lowest BCUT2D eigenvalue weighted by molar-refractivity contribution is -0.870. The highest BCUT2D eigenvalue weighted by Gasteiger charge is 2.27. The van der Waals surface area contributed by atoms with Crippen LogP contribution in [0.15, 0.2) is 85.1 Å². The summed E-state index contributed by atoms with van der Waals surface area (Å²) in [5, 5.41) is 3.03. The number of hydrogen-bond acceptors (Lipinski definition) is 7. The number of nitrogens with one attached hydrogen (secondary N) is 1. The van der Waals surface area contributed by atoms with E-state index in [1.54, 1.807) is 0 Å². The van der Waals surface area contributed by atoms with Gasteiger partial charge in [-0.3, -0.25) is 14.2 Å². The van der Waals surface area contributed by atoms with Gasteiger partial charge in [0.1, 0.15) is 19.3 Å². The first-order chi connectivity index (χ1) is 40.4. The number of unbranched alkanes of at least 4 members (excludes halogenated alkanes) is 35. The summed E-state index contributed by atoms with van der Waals surface area (Å²) in [4.78, 5) is 40.1. The summed E-state index contributed by atoms with van der Waals surface area (Å²) < 4.78 is 30.4. The van der Waals surface area contributed by atoms with E-state index in [4.69, 9.17) is 13.8 Å². The van der Waals surface area contributed by atoms with Crippen molar-refractivity contribution in [2.45, 2.75) is 328 Å². The number of esters is 1. The van der Waals surface area contributed by atoms with Crippen molar-refractivity contribution >= 4 is 19.7 Å². The Hall–Kier alpha value is -2.81. The monoisotopic (exact) mass is 1180 g/mol. The third-order valence-electron chi connectivity index (χ3n) is 15.3. The Balaban J connectivity index is 5.07. The number of likely N-dealkylation sites (N-methyl/N-ethyl adjacent to an activating group) is 1. The van der Waals surface area contributed by atoms with Gasteiger partial charge in [-0.1, -0.05) is 286 Å². The van der Waals surface area contributed by atoms with Crippen molar-refractivity contribution in [2.75, 3.05) is 40.9 Å². The van der Waals surface area contributed by atoms with Crippen LogP contribution in [-0.2, 0) is 27.9 Å². The molecule has 0 aromatic heterocycles. The van der Waals surface area contributed by atoms with Crippen molar-refractivity contribution in [1.82, 2.24) is 5.32 Å². The molecule has 0 rings (SSSR count). The summed E-state index contributed by atoms with van der Waals surface area (Å²) in [5.41, 5.74) is 0. The number of carbonyl (C=O) groups excluding carboxylic acids is 2. The number of phosphoric acid groups is 1. The van der Waals surface area contributed by atoms with Gasteiger partial charge in [0.25, 0.3) is 7.82 Å². The second-order valence-electron chi connectivity index (χ2n) is 24.6. The first-order valence-electron chi connectivity index (χ1n) is 34.9. The Morgan fingerprint density at radius 2 is 0.771 bits per heavy atom. The Bertz CT molecular complexity index is 1700. The first kappa shape index (κ1) is 80.2. The van der Waals surface area contributed by atoms with Crippen molar-refractivity contribution in [3.63, 3.8) is 0 Å². The van der Waals surface area contributed by atoms with Gasteiger partial charge in [-0.05, 0) is 102 Å². The molecule has 1 amide bonds. The van der Waals surface area contributed by atoms with Crippen LogP contribution in [-0.4, -0.2) is 69.4 Å². The number of ether oxygens (including phenoxy) is 1. The Morgan fingerprint density at radius 3 is 1.17 bits per heavy atom. The zero-order valence-electron chi connectivity index (χ0n) is 55.1. The van der Waals surface area contributed by atoms with Crippen LogP contribution >= 0.6 is 7.82 Å². The minimum absolute atomic E-state index is 0.0271. The third kappa shape index (κ3) is 63.5. The highest BCUT2D eigenvalue weighted by molar-refractivity contribution is 7.45. The SMILES string of the molecule is CC/C=C\C/C=C\C/C=C\C/C=C\C/C=C\CCCCCCCCCC(=O)NC(COP(=O)([O-])OCC[N+](C)(C)C)C(/C=C/CCCCCCCCCCC)OC(=O)CCCCCCCCCCCCCCC/C=C/CCCCCCCC. The molecule has 0 aromatic rings. The summed E-state index contributed by atoms with van der Waals surface area (Å²) in [7, 11) is 1.18. The van der Waals surface area contributed by atoms with Gasteiger partial charge in [0.15, 0.2) is 0 Å². The van der Waals surface area contributed by atoms with Gasteiger partial charge in [0, 0.05) is 12.8 Å². The molecule has 83 heavy (non-hydrogen) atoms. The number of nitrogens with zero attached hydrogens (tertiary/aromatic N) is 1. The van der Waals surface area contributed by atoms with Crippen LogP contribution in [0.5, 0.6) is 0 Å². The van der Waals surface area contributed by atoms with E-state index < -0.39 is 26.6 Å². The number of allylic oxidation sites excluding steroid dienone is 13. The normalized spacial score (nSPS) is 14.1. The van der Waals surface area contributed by atoms with E-state index in [0.29, 0.717) is 17.4 Å². The summed E-state index contributed by atoms with van der Waals surface area (Å²) in [6.07, 6.45) is 82.8. The number of phosphoric ester groups is 1. The molecule has 0 saturated carbocycles. The van der Waals surface area contributed by atoms with E-state index in [-0.39, 0.29) is 24.9 Å². The van der Waals surface area contributed by atoms with E-state index in [9.17, 15) is 19.0 Å². The zero-order chi connectivity index (χ0) is 60.7. The third-order valence-corrected chi connectivity index (χ3v) is 16.3. The topological polar surface area (TPSA) is 114 Å². The predicted molar refractivity (Wildman–Crippen MR) is 358 cm³/mol. The molecule has 0 aliphatic rings. The fourth-order valence-electron chi connectivity index (χ4n) is 9.96. The molecule has 3 atom stereocenters. The number of carbonyl (C=O) groups is 2. The van der Waals surface area contributed by atoms with Crippen LogP contribution in [0.3, 0.4) is 0 Å². The van der Waals surface area contributed by atoms with Crippen molar-refractivity contribution in [2.24, 2.45) is 0 Å². The van der Waals surface area contributed by atoms with Gasteiger partial charge in [-0.2, -0.15) is 0 Å². The molecule has 0 saturated heterocycles. The van der Waals surface area contributed by atoms with E-state index >= 15 is 0 Å². The van der Waals surface area contributed by atoms with Crippen molar-refractivity contribution in [3.8, 4) is 0 Å². The van der Waals surface area contributed by atoms with Crippen LogP contribution in [0.2, 0.25) is 0 Å². The Kier molecular flexibility index (Phi) is 60.1. The maximum atomic E-state index is 13.6. The fraction of sp³-hybridized carbons (Fsp3) is 0.781. The minimum atomic E-state index is -4.71. The predicted octanol–water partition coefficient (Wildman–Crippen LogP) is 21.5. The maximum Gasteiger partial charge on any atom is 0.306 e. The summed E-state index contributed by atoms with van der Waals surface area (Å²) in [5.74, 6) is -0.548. The highest BCUT2D eigenvalue weighted by atomic mass is 31.2. The summed E-state index contributed by atoms with van der Waals surface area (Å²) in [6, 6.07) is -0.898. The molecule has 0 bridgehead atoms. The molecular formula is C73H133N2O7P. The van der Waals surface area contributed by atoms with Crippen LogP contribution in [0, 0.1) is 0 Å². The zero-order valence-corrected chi connectivity index (χ0v) is 56.0. The molecule has 1 N–H and O–H groups in total. The minimum Gasteiger partial charge on any atom is -0.756 e. The maximum absolute atomic E-state index is 13.6. The molecule has 9 nitrogen and oxygen atoms in total. The molecular weight excluding hydrogens is 1050 g/mol. The molecule has 0 fully saturated rings. The van der Waals surface area contributed by atoms with Gasteiger partial charge in [0.2, 0.25) is 5.91 Å². The molecule has 0 aliphatic carbocycles. The number of hydrogen-bond donors (Lipinski definition) is 1. The van der Waals surface area contributed by atoms with Crippen LogP contribution in [0.25, 0.3) is 0 Å². The molecule has 3 unspecified atom stereocenters. The van der Waals surface area contributed by atoms with Crippen molar-refractivity contribution in [1.29, 1.82) is 0 Å². The summed E-state index contributed by atoms with van der Waals surface area (Å²) >= 11 is 0. The number of rotatable bonds is 63. The Morgan fingerprint density at radius 1 is 0.434 bits per heavy atom. The van der Waals surface area contributed by atoms with Gasteiger partial charge >= 0.3 is 5.97 Å². The first-order valence-corrected chi connectivity index (χ1v) is 36.4. The standard InChI is InChI=1S/C73H133N2O7P/c1-7-10-13-16-19-22-25-27-29-31-33-35-37-39-41-43-45-47-50-53-56-59-62-65-72(76)74-70(69-81-83(78,79)80-68-67-75(4,5)6)71(64-61-58-55-52-49-24-21-18-15-12-9-3)82-73(77)66-63-60-57-54-51-48-46-44-42-40-38-36-34-32-30-28-26-23-20-17-14-11-8-2/h10,13,19,22,27-30,33,35,39,41,61,64,70-71H,7-9,11-12,14-18,20-21,23-26,31-32,34,36-38,40,42-60,62-63,65-69H2,1-6H3,(H-,74,76,78,79)/b13-10-,22-19-,29-27-,30-28+,35-33-,41-39-,64-61+. The molecule has 0 aliphatic heterocycles. The molecule has 10 heteroatoms. The largest absolute Gasteiger partial charge is 0.756 e. The molecule has 0 spiro atoms. The number of amides is 1. The lowest BCUT2D eigenvalue weighted by Gasteiger charge is -2.30. The van der Waals surface area contributed by atoms with Crippen molar-refractivity contribution in [3.05, 3.63) is 85.1 Å². The van der Waals surface area contributed by atoms with E-state index in [0.717, 1.165) is 103 Å². The van der Waals surface area contributed by atoms with Crippen LogP contribution in [0.1, 0.15) is 316 Å².